The predicted octanol–water partition coefficient (Wildman–Crippen LogP) is 3.15. The summed E-state index contributed by atoms with van der Waals surface area (Å²) in [5.74, 6) is 0.274. The standard InChI is InChI=1S/C20H26FN3O/c1-22-12-16(18-11-17(21)5-6-19(18)22)14-23-10-7-15(13-23)20(25)24-8-3-2-4-9-24/h5-6,11-12,15H,2-4,7-10,13-14H2,1H3/t15-/m1/s1. The molecule has 25 heavy (non-hydrogen) atoms. The number of hydrogen-bond donors (Lipinski definition) is 0. The molecular formula is C20H26FN3O. The average molecular weight is 343 g/mol. The van der Waals surface area contributed by atoms with Crippen LogP contribution in [-0.4, -0.2) is 46.5 Å². The Kier molecular flexibility index (Phi) is 4.50. The molecule has 5 heteroatoms. The molecule has 0 unspecified atom stereocenters. The molecule has 3 heterocycles. The summed E-state index contributed by atoms with van der Waals surface area (Å²) in [7, 11) is 2.00. The van der Waals surface area contributed by atoms with Gasteiger partial charge in [-0.15, -0.1) is 0 Å². The van der Waals surface area contributed by atoms with E-state index >= 15 is 0 Å². The summed E-state index contributed by atoms with van der Waals surface area (Å²) in [4.78, 5) is 17.1. The zero-order valence-corrected chi connectivity index (χ0v) is 14.9. The summed E-state index contributed by atoms with van der Waals surface area (Å²) in [6, 6.07) is 4.97. The first-order chi connectivity index (χ1) is 12.1. The zero-order chi connectivity index (χ0) is 17.4. The maximum Gasteiger partial charge on any atom is 0.227 e. The zero-order valence-electron chi connectivity index (χ0n) is 14.9. The van der Waals surface area contributed by atoms with E-state index in [4.69, 9.17) is 0 Å². The molecule has 2 fully saturated rings. The van der Waals surface area contributed by atoms with Gasteiger partial charge in [0.2, 0.25) is 5.91 Å². The second kappa shape index (κ2) is 6.79. The van der Waals surface area contributed by atoms with E-state index in [9.17, 15) is 9.18 Å². The van der Waals surface area contributed by atoms with Crippen molar-refractivity contribution in [2.75, 3.05) is 26.2 Å². The van der Waals surface area contributed by atoms with Crippen LogP contribution in [0.3, 0.4) is 0 Å². The lowest BCUT2D eigenvalue weighted by molar-refractivity contribution is -0.136. The quantitative estimate of drug-likeness (QED) is 0.856. The first-order valence-electron chi connectivity index (χ1n) is 9.36. The molecule has 0 saturated carbocycles. The van der Waals surface area contributed by atoms with Gasteiger partial charge >= 0.3 is 0 Å². The maximum absolute atomic E-state index is 13.6. The number of carbonyl (C=O) groups excluding carboxylic acids is 1. The fourth-order valence-electron chi connectivity index (χ4n) is 4.36. The third-order valence-corrected chi connectivity index (χ3v) is 5.72. The molecule has 0 aliphatic carbocycles. The van der Waals surface area contributed by atoms with Gasteiger partial charge < -0.3 is 9.47 Å². The van der Waals surface area contributed by atoms with Crippen molar-refractivity contribution < 1.29 is 9.18 Å². The minimum Gasteiger partial charge on any atom is -0.350 e. The van der Waals surface area contributed by atoms with E-state index in [1.807, 2.05) is 13.1 Å². The van der Waals surface area contributed by atoms with E-state index in [0.717, 1.165) is 68.5 Å². The number of benzene rings is 1. The van der Waals surface area contributed by atoms with Crippen LogP contribution in [0.25, 0.3) is 10.9 Å². The number of nitrogens with zero attached hydrogens (tertiary/aromatic N) is 3. The van der Waals surface area contributed by atoms with E-state index in [1.165, 1.54) is 12.5 Å². The van der Waals surface area contributed by atoms with Gasteiger partial charge in [0.15, 0.2) is 0 Å². The number of likely N-dealkylation sites (tertiary alicyclic amines) is 2. The molecule has 1 amide bonds. The number of piperidine rings is 1. The Labute approximate surface area is 148 Å². The number of rotatable bonds is 3. The van der Waals surface area contributed by atoms with Crippen molar-refractivity contribution in [3.8, 4) is 0 Å². The molecule has 2 aliphatic rings. The SMILES string of the molecule is Cn1cc(CN2CC[C@@H](C(=O)N3CCCCC3)C2)c2cc(F)ccc21. The van der Waals surface area contributed by atoms with E-state index < -0.39 is 0 Å². The summed E-state index contributed by atoms with van der Waals surface area (Å²) < 4.78 is 15.7. The van der Waals surface area contributed by atoms with Crippen LogP contribution in [0, 0.1) is 11.7 Å². The number of aryl methyl sites for hydroxylation is 1. The van der Waals surface area contributed by atoms with E-state index in [1.54, 1.807) is 6.07 Å². The minimum absolute atomic E-state index is 0.129. The molecule has 2 aromatic rings. The first kappa shape index (κ1) is 16.6. The van der Waals surface area contributed by atoms with Gasteiger partial charge in [-0.3, -0.25) is 9.69 Å². The van der Waals surface area contributed by atoms with Gasteiger partial charge in [-0.1, -0.05) is 0 Å². The summed E-state index contributed by atoms with van der Waals surface area (Å²) in [6.07, 6.45) is 6.56. The van der Waals surface area contributed by atoms with Crippen molar-refractivity contribution in [2.45, 2.75) is 32.2 Å². The first-order valence-corrected chi connectivity index (χ1v) is 9.36. The monoisotopic (exact) mass is 343 g/mol. The number of amides is 1. The van der Waals surface area contributed by atoms with Gasteiger partial charge in [-0.2, -0.15) is 0 Å². The molecule has 1 atom stereocenters. The van der Waals surface area contributed by atoms with Crippen LogP contribution in [0.1, 0.15) is 31.2 Å². The molecule has 0 radical (unpaired) electrons. The van der Waals surface area contributed by atoms with Crippen LogP contribution < -0.4 is 0 Å². The number of carbonyl (C=O) groups is 1. The van der Waals surface area contributed by atoms with Crippen molar-refractivity contribution in [1.29, 1.82) is 0 Å². The van der Waals surface area contributed by atoms with Crippen molar-refractivity contribution in [2.24, 2.45) is 13.0 Å². The summed E-state index contributed by atoms with van der Waals surface area (Å²) in [5.41, 5.74) is 2.19. The Balaban J connectivity index is 1.44. The van der Waals surface area contributed by atoms with Crippen LogP contribution in [-0.2, 0) is 18.4 Å². The number of aromatic nitrogens is 1. The highest BCUT2D eigenvalue weighted by molar-refractivity contribution is 5.84. The molecule has 0 bridgehead atoms. The Morgan fingerprint density at radius 2 is 2.00 bits per heavy atom. The van der Waals surface area contributed by atoms with Gasteiger partial charge in [0.25, 0.3) is 0 Å². The molecule has 0 N–H and O–H groups in total. The molecule has 1 aromatic carbocycles. The van der Waals surface area contributed by atoms with Crippen LogP contribution in [0.5, 0.6) is 0 Å². The minimum atomic E-state index is -0.195. The fraction of sp³-hybridized carbons (Fsp3) is 0.550. The predicted molar refractivity (Wildman–Crippen MR) is 96.7 cm³/mol. The Morgan fingerprint density at radius 1 is 1.20 bits per heavy atom. The van der Waals surface area contributed by atoms with Gasteiger partial charge in [0.1, 0.15) is 5.82 Å². The lowest BCUT2D eigenvalue weighted by Crippen LogP contribution is -2.40. The molecular weight excluding hydrogens is 317 g/mol. The second-order valence-corrected chi connectivity index (χ2v) is 7.53. The molecule has 4 rings (SSSR count). The number of fused-ring (bicyclic) bond motifs is 1. The molecule has 2 aliphatic heterocycles. The highest BCUT2D eigenvalue weighted by atomic mass is 19.1. The third-order valence-electron chi connectivity index (χ3n) is 5.72. The summed E-state index contributed by atoms with van der Waals surface area (Å²) >= 11 is 0. The highest BCUT2D eigenvalue weighted by Crippen LogP contribution is 2.27. The third kappa shape index (κ3) is 3.30. The van der Waals surface area contributed by atoms with Gasteiger partial charge in [-0.05, 0) is 56.0 Å². The van der Waals surface area contributed by atoms with Gasteiger partial charge in [0, 0.05) is 50.3 Å². The van der Waals surface area contributed by atoms with Crippen LogP contribution in [0.2, 0.25) is 0 Å². The smallest absolute Gasteiger partial charge is 0.227 e. The van der Waals surface area contributed by atoms with Crippen LogP contribution in [0.15, 0.2) is 24.4 Å². The lowest BCUT2D eigenvalue weighted by atomic mass is 10.0. The Morgan fingerprint density at radius 3 is 2.80 bits per heavy atom. The second-order valence-electron chi connectivity index (χ2n) is 7.53. The van der Waals surface area contributed by atoms with E-state index in [2.05, 4.69) is 20.6 Å². The van der Waals surface area contributed by atoms with Crippen molar-refractivity contribution >= 4 is 16.8 Å². The number of hydrogen-bond acceptors (Lipinski definition) is 2. The van der Waals surface area contributed by atoms with Crippen LogP contribution >= 0.6 is 0 Å². The summed E-state index contributed by atoms with van der Waals surface area (Å²) in [5, 5.41) is 0.980. The normalized spacial score (nSPS) is 22.0. The molecule has 0 spiro atoms. The largest absolute Gasteiger partial charge is 0.350 e. The average Bonchev–Trinajstić information content (AvgIpc) is 3.20. The van der Waals surface area contributed by atoms with Gasteiger partial charge in [-0.25, -0.2) is 4.39 Å². The van der Waals surface area contributed by atoms with E-state index in [0.29, 0.717) is 5.91 Å². The molecule has 2 saturated heterocycles. The molecule has 1 aromatic heterocycles. The van der Waals surface area contributed by atoms with Gasteiger partial charge in [0.05, 0.1) is 5.92 Å². The molecule has 134 valence electrons. The van der Waals surface area contributed by atoms with Crippen LogP contribution in [0.4, 0.5) is 4.39 Å². The fourth-order valence-corrected chi connectivity index (χ4v) is 4.36. The van der Waals surface area contributed by atoms with Crippen molar-refractivity contribution in [3.05, 3.63) is 35.8 Å². The number of halogens is 1. The molecule has 4 nitrogen and oxygen atoms in total. The Hall–Kier alpha value is -1.88. The summed E-state index contributed by atoms with van der Waals surface area (Å²) in [6.45, 7) is 4.40. The highest BCUT2D eigenvalue weighted by Gasteiger charge is 2.32. The maximum atomic E-state index is 13.6. The Bertz CT molecular complexity index is 779. The van der Waals surface area contributed by atoms with E-state index in [-0.39, 0.29) is 11.7 Å². The topological polar surface area (TPSA) is 28.5 Å². The van der Waals surface area contributed by atoms with Crippen molar-refractivity contribution in [3.63, 3.8) is 0 Å². The lowest BCUT2D eigenvalue weighted by Gasteiger charge is -2.29. The van der Waals surface area contributed by atoms with Crippen molar-refractivity contribution in [1.82, 2.24) is 14.4 Å².